The van der Waals surface area contributed by atoms with Crippen LogP contribution in [-0.4, -0.2) is 41.6 Å². The Morgan fingerprint density at radius 1 is 1.32 bits per heavy atom. The first-order valence-electron chi connectivity index (χ1n) is 7.06. The highest BCUT2D eigenvalue weighted by Crippen LogP contribution is 2.13. The van der Waals surface area contributed by atoms with Gasteiger partial charge >= 0.3 is 0 Å². The molecule has 0 spiro atoms. The summed E-state index contributed by atoms with van der Waals surface area (Å²) in [5, 5.41) is 0.270. The lowest BCUT2D eigenvalue weighted by molar-refractivity contribution is -0.136. The molecular formula is C15H22ClN3O2S. The number of carbonyl (C=O) groups excluding carboxylic acids is 2. The van der Waals surface area contributed by atoms with Crippen molar-refractivity contribution in [2.75, 3.05) is 13.6 Å². The van der Waals surface area contributed by atoms with Crippen molar-refractivity contribution in [2.24, 2.45) is 11.5 Å². The number of rotatable bonds is 8. The van der Waals surface area contributed by atoms with Gasteiger partial charge in [-0.15, -0.1) is 12.6 Å². The number of halogens is 1. The molecule has 0 saturated heterocycles. The molecule has 1 rings (SSSR count). The molecule has 22 heavy (non-hydrogen) atoms. The van der Waals surface area contributed by atoms with Gasteiger partial charge in [-0.2, -0.15) is 0 Å². The second kappa shape index (κ2) is 9.15. The largest absolute Gasteiger partial charge is 0.333 e. The van der Waals surface area contributed by atoms with E-state index in [2.05, 4.69) is 12.6 Å². The lowest BCUT2D eigenvalue weighted by Crippen LogP contribution is -2.49. The number of hydrogen-bond acceptors (Lipinski definition) is 4. The predicted octanol–water partition coefficient (Wildman–Crippen LogP) is 1.23. The SMILES string of the molecule is CN(C(=O)[C@@H](N)Cc1ccc(Cl)cc1)[C@@H](CCCN)C(=O)S. The van der Waals surface area contributed by atoms with Crippen molar-refractivity contribution in [1.29, 1.82) is 0 Å². The van der Waals surface area contributed by atoms with E-state index in [4.69, 9.17) is 23.1 Å². The Bertz CT molecular complexity index is 510. The highest BCUT2D eigenvalue weighted by Gasteiger charge is 2.27. The van der Waals surface area contributed by atoms with E-state index < -0.39 is 12.1 Å². The minimum Gasteiger partial charge on any atom is -0.333 e. The number of likely N-dealkylation sites (N-methyl/N-ethyl adjacent to an activating group) is 1. The van der Waals surface area contributed by atoms with Gasteiger partial charge in [-0.25, -0.2) is 0 Å². The molecule has 0 aromatic heterocycles. The van der Waals surface area contributed by atoms with Crippen LogP contribution in [0.1, 0.15) is 18.4 Å². The Morgan fingerprint density at radius 3 is 2.41 bits per heavy atom. The van der Waals surface area contributed by atoms with Crippen molar-refractivity contribution < 1.29 is 9.59 Å². The fourth-order valence-electron chi connectivity index (χ4n) is 2.17. The summed E-state index contributed by atoms with van der Waals surface area (Å²) in [5.74, 6) is -0.292. The van der Waals surface area contributed by atoms with Gasteiger partial charge in [-0.1, -0.05) is 23.7 Å². The summed E-state index contributed by atoms with van der Waals surface area (Å²) in [4.78, 5) is 25.3. The molecule has 1 aromatic carbocycles. The smallest absolute Gasteiger partial charge is 0.240 e. The first kappa shape index (κ1) is 19.0. The third kappa shape index (κ3) is 5.61. The first-order chi connectivity index (χ1) is 10.4. The van der Waals surface area contributed by atoms with Crippen LogP contribution in [0.3, 0.4) is 0 Å². The zero-order chi connectivity index (χ0) is 16.7. The lowest BCUT2D eigenvalue weighted by Gasteiger charge is -2.28. The summed E-state index contributed by atoms with van der Waals surface area (Å²) >= 11 is 9.67. The van der Waals surface area contributed by atoms with Gasteiger partial charge in [0, 0.05) is 12.1 Å². The molecule has 0 aliphatic heterocycles. The third-order valence-corrected chi connectivity index (χ3v) is 4.02. The van der Waals surface area contributed by atoms with Gasteiger partial charge in [-0.3, -0.25) is 9.59 Å². The van der Waals surface area contributed by atoms with Crippen LogP contribution in [0.5, 0.6) is 0 Å². The highest BCUT2D eigenvalue weighted by atomic mass is 35.5. The maximum atomic E-state index is 12.4. The zero-order valence-electron chi connectivity index (χ0n) is 12.5. The normalized spacial score (nSPS) is 13.5. The molecule has 0 saturated carbocycles. The average molecular weight is 344 g/mol. The van der Waals surface area contributed by atoms with E-state index in [0.29, 0.717) is 30.8 Å². The summed E-state index contributed by atoms with van der Waals surface area (Å²) in [5.41, 5.74) is 12.3. The number of thiol groups is 1. The van der Waals surface area contributed by atoms with E-state index in [1.54, 1.807) is 19.2 Å². The highest BCUT2D eigenvalue weighted by molar-refractivity contribution is 7.96. The second-order valence-electron chi connectivity index (χ2n) is 5.17. The standard InChI is InChI=1S/C15H22ClN3O2S/c1-19(13(15(21)22)3-2-8-17)14(20)12(18)9-10-4-6-11(16)7-5-10/h4-7,12-13H,2-3,8-9,17-18H2,1H3,(H,21,22)/t12-,13-/m0/s1. The molecule has 0 aliphatic carbocycles. The van der Waals surface area contributed by atoms with Gasteiger partial charge in [0.1, 0.15) is 6.04 Å². The molecular weight excluding hydrogens is 322 g/mol. The maximum Gasteiger partial charge on any atom is 0.240 e. The van der Waals surface area contributed by atoms with E-state index in [1.807, 2.05) is 12.1 Å². The summed E-state index contributed by atoms with van der Waals surface area (Å²) in [7, 11) is 1.57. The van der Waals surface area contributed by atoms with Crippen molar-refractivity contribution in [3.05, 3.63) is 34.9 Å². The molecule has 0 heterocycles. The zero-order valence-corrected chi connectivity index (χ0v) is 14.2. The molecule has 122 valence electrons. The molecule has 0 bridgehead atoms. The van der Waals surface area contributed by atoms with Gasteiger partial charge in [0.05, 0.1) is 6.04 Å². The topological polar surface area (TPSA) is 89.4 Å². The van der Waals surface area contributed by atoms with Crippen LogP contribution in [0.25, 0.3) is 0 Å². The minimum atomic E-state index is -0.723. The molecule has 2 atom stereocenters. The summed E-state index contributed by atoms with van der Waals surface area (Å²) in [6.45, 7) is 0.455. The third-order valence-electron chi connectivity index (χ3n) is 3.47. The molecule has 5 nitrogen and oxygen atoms in total. The monoisotopic (exact) mass is 343 g/mol. The molecule has 0 radical (unpaired) electrons. The number of nitrogens with two attached hydrogens (primary N) is 2. The van der Waals surface area contributed by atoms with Crippen LogP contribution in [0.2, 0.25) is 5.02 Å². The van der Waals surface area contributed by atoms with Gasteiger partial charge in [-0.05, 0) is 43.5 Å². The summed E-state index contributed by atoms with van der Waals surface area (Å²) in [6, 6.07) is 5.82. The minimum absolute atomic E-state index is 0.292. The summed E-state index contributed by atoms with van der Waals surface area (Å²) in [6.07, 6.45) is 1.50. The number of nitrogens with zero attached hydrogens (tertiary/aromatic N) is 1. The maximum absolute atomic E-state index is 12.4. The molecule has 0 aliphatic rings. The van der Waals surface area contributed by atoms with Gasteiger partial charge in [0.2, 0.25) is 11.0 Å². The Kier molecular flexibility index (Phi) is 7.89. The van der Waals surface area contributed by atoms with Crippen molar-refractivity contribution in [3.8, 4) is 0 Å². The second-order valence-corrected chi connectivity index (χ2v) is 6.05. The molecule has 0 fully saturated rings. The fraction of sp³-hybridized carbons (Fsp3) is 0.467. The van der Waals surface area contributed by atoms with Crippen LogP contribution in [0.4, 0.5) is 0 Å². The molecule has 1 amide bonds. The number of carbonyl (C=O) groups is 2. The lowest BCUT2D eigenvalue weighted by atomic mass is 10.0. The molecule has 4 N–H and O–H groups in total. The van der Waals surface area contributed by atoms with Crippen LogP contribution in [-0.2, 0) is 16.0 Å². The van der Waals surface area contributed by atoms with E-state index in [1.165, 1.54) is 4.90 Å². The van der Waals surface area contributed by atoms with Crippen LogP contribution in [0, 0.1) is 0 Å². The van der Waals surface area contributed by atoms with E-state index in [9.17, 15) is 9.59 Å². The van der Waals surface area contributed by atoms with Gasteiger partial charge < -0.3 is 16.4 Å². The van der Waals surface area contributed by atoms with Gasteiger partial charge in [0.25, 0.3) is 0 Å². The fourth-order valence-corrected chi connectivity index (χ4v) is 2.60. The molecule has 1 aromatic rings. The molecule has 0 unspecified atom stereocenters. The van der Waals surface area contributed by atoms with E-state index in [0.717, 1.165) is 5.56 Å². The van der Waals surface area contributed by atoms with E-state index in [-0.39, 0.29) is 11.0 Å². The number of benzene rings is 1. The van der Waals surface area contributed by atoms with Crippen molar-refractivity contribution >= 4 is 35.3 Å². The van der Waals surface area contributed by atoms with Gasteiger partial charge in [0.15, 0.2) is 0 Å². The quantitative estimate of drug-likeness (QED) is 0.619. The van der Waals surface area contributed by atoms with Crippen LogP contribution in [0.15, 0.2) is 24.3 Å². The predicted molar refractivity (Wildman–Crippen MR) is 92.0 cm³/mol. The Labute approximate surface area is 141 Å². The number of amides is 1. The summed E-state index contributed by atoms with van der Waals surface area (Å²) < 4.78 is 0. The van der Waals surface area contributed by atoms with Crippen molar-refractivity contribution in [2.45, 2.75) is 31.3 Å². The molecule has 7 heteroatoms. The Hall–Kier alpha value is -1.08. The Morgan fingerprint density at radius 2 is 1.91 bits per heavy atom. The van der Waals surface area contributed by atoms with E-state index >= 15 is 0 Å². The van der Waals surface area contributed by atoms with Crippen LogP contribution >= 0.6 is 24.2 Å². The number of hydrogen-bond donors (Lipinski definition) is 3. The van der Waals surface area contributed by atoms with Crippen molar-refractivity contribution in [1.82, 2.24) is 4.90 Å². The van der Waals surface area contributed by atoms with Crippen molar-refractivity contribution in [3.63, 3.8) is 0 Å². The van der Waals surface area contributed by atoms with Crippen LogP contribution < -0.4 is 11.5 Å². The first-order valence-corrected chi connectivity index (χ1v) is 7.89. The average Bonchev–Trinajstić information content (AvgIpc) is 2.48. The Balaban J connectivity index is 2.70.